The smallest absolute Gasteiger partial charge is 0.137 e. The fourth-order valence-electron chi connectivity index (χ4n) is 3.02. The molecule has 0 radical (unpaired) electrons. The van der Waals surface area contributed by atoms with Gasteiger partial charge in [0.2, 0.25) is 0 Å². The summed E-state index contributed by atoms with van der Waals surface area (Å²) in [7, 11) is 0. The van der Waals surface area contributed by atoms with Gasteiger partial charge in [0.1, 0.15) is 17.3 Å². The number of hydrogen-bond acceptors (Lipinski definition) is 4. The predicted molar refractivity (Wildman–Crippen MR) is 132 cm³/mol. The molecule has 0 aliphatic rings. The summed E-state index contributed by atoms with van der Waals surface area (Å²) in [5.41, 5.74) is 17.4. The van der Waals surface area contributed by atoms with Gasteiger partial charge in [-0.05, 0) is 22.8 Å². The highest BCUT2D eigenvalue weighted by molar-refractivity contribution is 5.80. The summed E-state index contributed by atoms with van der Waals surface area (Å²) in [5.74, 6) is 1.36. The van der Waals surface area contributed by atoms with Crippen LogP contribution in [0.1, 0.15) is 17.1 Å². The Labute approximate surface area is 183 Å². The first-order chi connectivity index (χ1) is 15.0. The molecule has 0 saturated heterocycles. The van der Waals surface area contributed by atoms with Gasteiger partial charge in [-0.25, -0.2) is 4.98 Å². The molecule has 0 atom stereocenters. The highest BCUT2D eigenvalue weighted by Crippen LogP contribution is 2.25. The molecule has 0 bridgehead atoms. The van der Waals surface area contributed by atoms with Crippen molar-refractivity contribution >= 4 is 17.2 Å². The van der Waals surface area contributed by atoms with Crippen LogP contribution in [-0.4, -0.2) is 9.97 Å². The van der Waals surface area contributed by atoms with Gasteiger partial charge in [-0.15, -0.1) is 0 Å². The predicted octanol–water partition coefficient (Wildman–Crippen LogP) is 5.22. The number of imidazole rings is 1. The van der Waals surface area contributed by atoms with Crippen molar-refractivity contribution in [2.75, 3.05) is 5.32 Å². The van der Waals surface area contributed by atoms with Gasteiger partial charge >= 0.3 is 0 Å². The summed E-state index contributed by atoms with van der Waals surface area (Å²) in [6.45, 7) is 11.6. The molecular weight excluding hydrogens is 382 g/mol. The zero-order valence-electron chi connectivity index (χ0n) is 17.4. The number of rotatable bonds is 9. The molecule has 6 N–H and O–H groups in total. The lowest BCUT2D eigenvalue weighted by molar-refractivity contribution is 1.04. The number of anilines is 1. The van der Waals surface area contributed by atoms with Crippen molar-refractivity contribution in [3.05, 3.63) is 121 Å². The highest BCUT2D eigenvalue weighted by Gasteiger charge is 2.12. The van der Waals surface area contributed by atoms with E-state index >= 15 is 0 Å². The molecule has 5 heteroatoms. The molecule has 0 fully saturated rings. The molecule has 2 aromatic carbocycles. The van der Waals surface area contributed by atoms with Crippen LogP contribution in [0.3, 0.4) is 0 Å². The Morgan fingerprint density at radius 1 is 1.00 bits per heavy atom. The molecule has 31 heavy (non-hydrogen) atoms. The Kier molecular flexibility index (Phi) is 6.91. The van der Waals surface area contributed by atoms with Crippen molar-refractivity contribution in [1.29, 1.82) is 0 Å². The van der Waals surface area contributed by atoms with E-state index in [9.17, 15) is 0 Å². The van der Waals surface area contributed by atoms with E-state index in [4.69, 9.17) is 11.5 Å². The minimum atomic E-state index is 0.362. The first-order valence-electron chi connectivity index (χ1n) is 9.88. The first kappa shape index (κ1) is 21.5. The summed E-state index contributed by atoms with van der Waals surface area (Å²) < 4.78 is 0. The molecule has 0 aliphatic heterocycles. The first-order valence-corrected chi connectivity index (χ1v) is 9.88. The molecule has 0 unspecified atom stereocenters. The monoisotopic (exact) mass is 409 g/mol. The molecular formula is C26H27N5. The van der Waals surface area contributed by atoms with E-state index in [1.807, 2.05) is 36.4 Å². The highest BCUT2D eigenvalue weighted by atomic mass is 15.1. The van der Waals surface area contributed by atoms with Crippen molar-refractivity contribution in [2.45, 2.75) is 6.42 Å². The lowest BCUT2D eigenvalue weighted by Crippen LogP contribution is -2.03. The molecule has 0 amide bonds. The Hall–Kier alpha value is -4.25. The standard InChI is InChI=1S/C26H27N5/c1-4-5-11-23(28)16-17-24-30-25(18(2)27)26(31-24)29-19(3)20-12-14-22(15-13-20)21-9-7-6-8-10-21/h4-16,29H,1-3,17,27-28H2,(H,30,31)/b11-5-,23-16+. The van der Waals surface area contributed by atoms with Crippen LogP contribution in [0, 0.1) is 0 Å². The summed E-state index contributed by atoms with van der Waals surface area (Å²) in [6, 6.07) is 18.4. The molecule has 0 saturated carbocycles. The molecule has 156 valence electrons. The largest absolute Gasteiger partial charge is 0.399 e. The zero-order chi connectivity index (χ0) is 22.2. The van der Waals surface area contributed by atoms with E-state index in [1.165, 1.54) is 5.56 Å². The average molecular weight is 410 g/mol. The van der Waals surface area contributed by atoms with Crippen LogP contribution < -0.4 is 16.8 Å². The fourth-order valence-corrected chi connectivity index (χ4v) is 3.02. The quantitative estimate of drug-likeness (QED) is 0.365. The van der Waals surface area contributed by atoms with Gasteiger partial charge in [0.05, 0.1) is 5.70 Å². The van der Waals surface area contributed by atoms with Gasteiger partial charge in [0.15, 0.2) is 0 Å². The number of nitrogens with zero attached hydrogens (tertiary/aromatic N) is 1. The van der Waals surface area contributed by atoms with Gasteiger partial charge in [0.25, 0.3) is 0 Å². The lowest BCUT2D eigenvalue weighted by atomic mass is 10.0. The normalized spacial score (nSPS) is 11.4. The number of hydrogen-bond donors (Lipinski definition) is 4. The van der Waals surface area contributed by atoms with E-state index in [2.05, 4.69) is 59.3 Å². The summed E-state index contributed by atoms with van der Waals surface area (Å²) >= 11 is 0. The fraction of sp³-hybridized carbons (Fsp3) is 0.0385. The zero-order valence-corrected chi connectivity index (χ0v) is 17.4. The Balaban J connectivity index is 1.75. The van der Waals surface area contributed by atoms with Crippen LogP contribution in [0.15, 0.2) is 104 Å². The number of H-pyrrole nitrogens is 1. The Morgan fingerprint density at radius 2 is 1.68 bits per heavy atom. The number of nitrogens with one attached hydrogen (secondary N) is 2. The second-order valence-corrected chi connectivity index (χ2v) is 6.98. The van der Waals surface area contributed by atoms with Gasteiger partial charge in [0, 0.05) is 17.8 Å². The topological polar surface area (TPSA) is 92.8 Å². The van der Waals surface area contributed by atoms with Crippen LogP contribution in [0.2, 0.25) is 0 Å². The number of nitrogens with two attached hydrogens (primary N) is 2. The van der Waals surface area contributed by atoms with E-state index < -0.39 is 0 Å². The van der Waals surface area contributed by atoms with Gasteiger partial charge in [-0.1, -0.05) is 92.6 Å². The minimum Gasteiger partial charge on any atom is -0.399 e. The molecule has 3 aromatic rings. The maximum Gasteiger partial charge on any atom is 0.137 e. The number of allylic oxidation sites excluding steroid dienone is 4. The number of aromatic nitrogens is 2. The summed E-state index contributed by atoms with van der Waals surface area (Å²) in [6.07, 6.45) is 7.61. The molecule has 3 rings (SSSR count). The maximum absolute atomic E-state index is 5.94. The van der Waals surface area contributed by atoms with E-state index in [1.54, 1.807) is 18.2 Å². The SMILES string of the molecule is C=C/C=C\C(N)=C/Cc1nc(C(=C)N)c(NC(=C)c2ccc(-c3ccccc3)cc2)[nH]1. The Bertz CT molecular complexity index is 1130. The lowest BCUT2D eigenvalue weighted by Gasteiger charge is -2.11. The van der Waals surface area contributed by atoms with Crippen LogP contribution in [0.25, 0.3) is 22.5 Å². The maximum atomic E-state index is 5.94. The molecule has 5 nitrogen and oxygen atoms in total. The number of benzene rings is 2. The van der Waals surface area contributed by atoms with Crippen LogP contribution in [0.5, 0.6) is 0 Å². The van der Waals surface area contributed by atoms with Crippen LogP contribution in [-0.2, 0) is 6.42 Å². The molecule has 0 aliphatic carbocycles. The van der Waals surface area contributed by atoms with Crippen molar-refractivity contribution in [3.8, 4) is 11.1 Å². The van der Waals surface area contributed by atoms with E-state index in [0.717, 1.165) is 16.8 Å². The third-order valence-electron chi connectivity index (χ3n) is 4.63. The Morgan fingerprint density at radius 3 is 2.32 bits per heavy atom. The second kappa shape index (κ2) is 9.98. The van der Waals surface area contributed by atoms with E-state index in [-0.39, 0.29) is 0 Å². The van der Waals surface area contributed by atoms with Crippen LogP contribution in [0.4, 0.5) is 5.82 Å². The van der Waals surface area contributed by atoms with Gasteiger partial charge in [-0.2, -0.15) is 0 Å². The van der Waals surface area contributed by atoms with E-state index in [0.29, 0.717) is 35.2 Å². The summed E-state index contributed by atoms with van der Waals surface area (Å²) in [5, 5.41) is 3.28. The van der Waals surface area contributed by atoms with Crippen molar-refractivity contribution in [3.63, 3.8) is 0 Å². The second-order valence-electron chi connectivity index (χ2n) is 6.98. The third kappa shape index (κ3) is 5.64. The van der Waals surface area contributed by atoms with Gasteiger partial charge in [-0.3, -0.25) is 0 Å². The van der Waals surface area contributed by atoms with Crippen molar-refractivity contribution in [2.24, 2.45) is 11.5 Å². The minimum absolute atomic E-state index is 0.362. The van der Waals surface area contributed by atoms with Crippen LogP contribution >= 0.6 is 0 Å². The molecule has 1 aromatic heterocycles. The molecule has 1 heterocycles. The van der Waals surface area contributed by atoms with Gasteiger partial charge < -0.3 is 21.8 Å². The summed E-state index contributed by atoms with van der Waals surface area (Å²) in [4.78, 5) is 7.78. The molecule has 0 spiro atoms. The van der Waals surface area contributed by atoms with Crippen molar-refractivity contribution < 1.29 is 0 Å². The third-order valence-corrected chi connectivity index (χ3v) is 4.63. The number of aromatic amines is 1. The van der Waals surface area contributed by atoms with Crippen molar-refractivity contribution in [1.82, 2.24) is 9.97 Å². The average Bonchev–Trinajstić information content (AvgIpc) is 3.20.